The Balaban J connectivity index is 2.87. The van der Waals surface area contributed by atoms with Crippen molar-refractivity contribution in [2.45, 2.75) is 77.5 Å². The van der Waals surface area contributed by atoms with E-state index in [1.165, 1.54) is 13.5 Å². The maximum Gasteiger partial charge on any atom is 0.411 e. The Bertz CT molecular complexity index is 342. The molecule has 1 fully saturated rings. The van der Waals surface area contributed by atoms with E-state index >= 15 is 0 Å². The van der Waals surface area contributed by atoms with Crippen LogP contribution in [0.2, 0.25) is 0 Å². The molecule has 0 aliphatic heterocycles. The van der Waals surface area contributed by atoms with Crippen LogP contribution in [0.25, 0.3) is 0 Å². The Morgan fingerprint density at radius 2 is 1.70 bits per heavy atom. The van der Waals surface area contributed by atoms with Gasteiger partial charge >= 0.3 is 12.1 Å². The van der Waals surface area contributed by atoms with Crippen molar-refractivity contribution in [1.29, 1.82) is 0 Å². The molecule has 1 atom stereocenters. The second-order valence-corrected chi connectivity index (χ2v) is 6.38. The van der Waals surface area contributed by atoms with E-state index in [2.05, 4.69) is 0 Å². The number of ether oxygens (including phenoxy) is 2. The van der Waals surface area contributed by atoms with Crippen LogP contribution in [0.15, 0.2) is 0 Å². The van der Waals surface area contributed by atoms with Gasteiger partial charge in [-0.2, -0.15) is 0 Å². The fraction of sp³-hybridized carbons (Fsp3) is 0.867. The molecule has 0 spiro atoms. The molecule has 0 bridgehead atoms. The first-order valence-corrected chi connectivity index (χ1v) is 7.35. The van der Waals surface area contributed by atoms with Crippen LogP contribution < -0.4 is 0 Å². The molecule has 0 heterocycles. The number of hydrogen-bond acceptors (Lipinski definition) is 4. The van der Waals surface area contributed by atoms with E-state index < -0.39 is 23.7 Å². The normalized spacial score (nSPS) is 18.2. The maximum absolute atomic E-state index is 12.4. The topological polar surface area (TPSA) is 55.8 Å². The summed E-state index contributed by atoms with van der Waals surface area (Å²) in [6.07, 6.45) is 4.75. The van der Waals surface area contributed by atoms with E-state index in [1.807, 2.05) is 20.8 Å². The first-order chi connectivity index (χ1) is 9.26. The van der Waals surface area contributed by atoms with Crippen molar-refractivity contribution in [2.24, 2.45) is 0 Å². The lowest BCUT2D eigenvalue weighted by Crippen LogP contribution is -2.52. The molecule has 5 heteroatoms. The third-order valence-corrected chi connectivity index (χ3v) is 3.53. The highest BCUT2D eigenvalue weighted by Gasteiger charge is 2.36. The minimum Gasteiger partial charge on any atom is -0.467 e. The number of methoxy groups -OCH3 is 1. The lowest BCUT2D eigenvalue weighted by Gasteiger charge is -2.38. The summed E-state index contributed by atoms with van der Waals surface area (Å²) < 4.78 is 10.2. The van der Waals surface area contributed by atoms with E-state index in [1.54, 1.807) is 11.8 Å². The SMILES string of the molecule is COC(=O)[C@H](C)N(C(=O)OC(C)(C)C)C1CCCCC1. The van der Waals surface area contributed by atoms with Crippen molar-refractivity contribution in [2.75, 3.05) is 7.11 Å². The van der Waals surface area contributed by atoms with Gasteiger partial charge in [-0.05, 0) is 40.5 Å². The van der Waals surface area contributed by atoms with E-state index in [0.29, 0.717) is 0 Å². The van der Waals surface area contributed by atoms with Crippen LogP contribution in [0, 0.1) is 0 Å². The van der Waals surface area contributed by atoms with Gasteiger partial charge in [0.05, 0.1) is 7.11 Å². The van der Waals surface area contributed by atoms with Gasteiger partial charge < -0.3 is 9.47 Å². The van der Waals surface area contributed by atoms with Crippen molar-refractivity contribution in [3.63, 3.8) is 0 Å². The molecule has 1 saturated carbocycles. The van der Waals surface area contributed by atoms with Crippen LogP contribution in [0.1, 0.15) is 59.8 Å². The molecule has 1 rings (SSSR count). The van der Waals surface area contributed by atoms with E-state index in [-0.39, 0.29) is 6.04 Å². The van der Waals surface area contributed by atoms with Crippen molar-refractivity contribution in [1.82, 2.24) is 4.90 Å². The number of hydrogen-bond donors (Lipinski definition) is 0. The lowest BCUT2D eigenvalue weighted by atomic mass is 9.93. The molecule has 0 aromatic carbocycles. The highest BCUT2D eigenvalue weighted by molar-refractivity contribution is 5.81. The summed E-state index contributed by atoms with van der Waals surface area (Å²) in [5, 5.41) is 0. The average Bonchev–Trinajstić information content (AvgIpc) is 2.37. The summed E-state index contributed by atoms with van der Waals surface area (Å²) in [4.78, 5) is 25.8. The van der Waals surface area contributed by atoms with E-state index in [0.717, 1.165) is 25.7 Å². The first-order valence-electron chi connectivity index (χ1n) is 7.35. The largest absolute Gasteiger partial charge is 0.467 e. The summed E-state index contributed by atoms with van der Waals surface area (Å²) in [5.74, 6) is -0.401. The molecular weight excluding hydrogens is 258 g/mol. The Morgan fingerprint density at radius 1 is 1.15 bits per heavy atom. The summed E-state index contributed by atoms with van der Waals surface area (Å²) >= 11 is 0. The number of amides is 1. The van der Waals surface area contributed by atoms with Gasteiger partial charge in [-0.3, -0.25) is 4.90 Å². The molecular formula is C15H27NO4. The van der Waals surface area contributed by atoms with Crippen molar-refractivity contribution < 1.29 is 19.1 Å². The summed E-state index contributed by atoms with van der Waals surface area (Å²) in [6, 6.07) is -0.550. The molecule has 5 nitrogen and oxygen atoms in total. The number of rotatable bonds is 3. The van der Waals surface area contributed by atoms with Gasteiger partial charge in [0.1, 0.15) is 11.6 Å². The molecule has 0 aromatic rings. The Morgan fingerprint density at radius 3 is 2.15 bits per heavy atom. The fourth-order valence-electron chi connectivity index (χ4n) is 2.58. The van der Waals surface area contributed by atoms with Gasteiger partial charge in [0.25, 0.3) is 0 Å². The predicted octanol–water partition coefficient (Wildman–Crippen LogP) is 3.12. The van der Waals surface area contributed by atoms with Crippen LogP contribution in [0.5, 0.6) is 0 Å². The fourth-order valence-corrected chi connectivity index (χ4v) is 2.58. The smallest absolute Gasteiger partial charge is 0.411 e. The Hall–Kier alpha value is -1.26. The molecule has 0 saturated heterocycles. The van der Waals surface area contributed by atoms with Crippen LogP contribution in [-0.2, 0) is 14.3 Å². The first kappa shape index (κ1) is 16.8. The lowest BCUT2D eigenvalue weighted by molar-refractivity contribution is -0.147. The maximum atomic E-state index is 12.4. The zero-order chi connectivity index (χ0) is 15.3. The average molecular weight is 285 g/mol. The van der Waals surface area contributed by atoms with Crippen molar-refractivity contribution in [3.05, 3.63) is 0 Å². The highest BCUT2D eigenvalue weighted by atomic mass is 16.6. The second kappa shape index (κ2) is 6.95. The number of carbonyl (C=O) groups excluding carboxylic acids is 2. The van der Waals surface area contributed by atoms with Gasteiger partial charge in [0, 0.05) is 6.04 Å². The minimum absolute atomic E-state index is 0.0627. The van der Waals surface area contributed by atoms with Gasteiger partial charge in [-0.1, -0.05) is 19.3 Å². The minimum atomic E-state index is -0.613. The Labute approximate surface area is 121 Å². The summed E-state index contributed by atoms with van der Waals surface area (Å²) in [5.41, 5.74) is -0.570. The molecule has 116 valence electrons. The monoisotopic (exact) mass is 285 g/mol. The molecule has 0 N–H and O–H groups in total. The van der Waals surface area contributed by atoms with Gasteiger partial charge in [-0.25, -0.2) is 9.59 Å². The third kappa shape index (κ3) is 4.69. The third-order valence-electron chi connectivity index (χ3n) is 3.53. The van der Waals surface area contributed by atoms with E-state index in [4.69, 9.17) is 9.47 Å². The zero-order valence-corrected chi connectivity index (χ0v) is 13.3. The summed E-state index contributed by atoms with van der Waals surface area (Å²) in [6.45, 7) is 7.18. The second-order valence-electron chi connectivity index (χ2n) is 6.38. The van der Waals surface area contributed by atoms with Crippen LogP contribution in [-0.4, -0.2) is 41.8 Å². The van der Waals surface area contributed by atoms with Gasteiger partial charge in [0.15, 0.2) is 0 Å². The molecule has 1 amide bonds. The zero-order valence-electron chi connectivity index (χ0n) is 13.3. The molecule has 1 aliphatic rings. The molecule has 20 heavy (non-hydrogen) atoms. The standard InChI is InChI=1S/C15H27NO4/c1-11(13(17)19-5)16(12-9-7-6-8-10-12)14(18)20-15(2,3)4/h11-12H,6-10H2,1-5H3/t11-/m0/s1. The number of esters is 1. The van der Waals surface area contributed by atoms with Crippen molar-refractivity contribution in [3.8, 4) is 0 Å². The van der Waals surface area contributed by atoms with Gasteiger partial charge in [0.2, 0.25) is 0 Å². The van der Waals surface area contributed by atoms with Crippen molar-refractivity contribution >= 4 is 12.1 Å². The quantitative estimate of drug-likeness (QED) is 0.748. The molecule has 0 aromatic heterocycles. The van der Waals surface area contributed by atoms with E-state index in [9.17, 15) is 9.59 Å². The number of carbonyl (C=O) groups is 2. The summed E-state index contributed by atoms with van der Waals surface area (Å²) in [7, 11) is 1.34. The predicted molar refractivity (Wildman–Crippen MR) is 76.4 cm³/mol. The van der Waals surface area contributed by atoms with Crippen LogP contribution in [0.4, 0.5) is 4.79 Å². The number of nitrogens with zero attached hydrogens (tertiary/aromatic N) is 1. The van der Waals surface area contributed by atoms with Crippen LogP contribution >= 0.6 is 0 Å². The molecule has 1 aliphatic carbocycles. The van der Waals surface area contributed by atoms with Crippen LogP contribution in [0.3, 0.4) is 0 Å². The van der Waals surface area contributed by atoms with Gasteiger partial charge in [-0.15, -0.1) is 0 Å². The Kier molecular flexibility index (Phi) is 5.84. The molecule has 0 unspecified atom stereocenters. The highest BCUT2D eigenvalue weighted by Crippen LogP contribution is 2.26. The molecule has 0 radical (unpaired) electrons.